The van der Waals surface area contributed by atoms with Gasteiger partial charge in [-0.1, -0.05) is 0 Å². The molecule has 0 saturated carbocycles. The topological polar surface area (TPSA) is 67.9 Å². The van der Waals surface area contributed by atoms with Crippen LogP contribution in [0.1, 0.15) is 19.8 Å². The Morgan fingerprint density at radius 2 is 1.90 bits per heavy atom. The molecule has 1 aromatic carbocycles. The SMILES string of the molecule is CC(=O)N1CCC(C(=O)Nc2ccc3c(c2)OCO3)CC1. The highest BCUT2D eigenvalue weighted by Gasteiger charge is 2.26. The van der Waals surface area contributed by atoms with E-state index in [1.807, 2.05) is 0 Å². The molecular formula is C15H18N2O4. The molecule has 0 radical (unpaired) electrons. The van der Waals surface area contributed by atoms with Crippen molar-refractivity contribution >= 4 is 17.5 Å². The zero-order valence-electron chi connectivity index (χ0n) is 11.9. The number of piperidine rings is 1. The molecule has 1 N–H and O–H groups in total. The van der Waals surface area contributed by atoms with Crippen LogP contribution in [0.25, 0.3) is 0 Å². The lowest BCUT2D eigenvalue weighted by Crippen LogP contribution is -2.40. The lowest BCUT2D eigenvalue weighted by molar-refractivity contribution is -0.132. The normalized spacial score (nSPS) is 17.7. The molecule has 21 heavy (non-hydrogen) atoms. The molecule has 0 unspecified atom stereocenters. The molecule has 1 saturated heterocycles. The van der Waals surface area contributed by atoms with Gasteiger partial charge in [-0.05, 0) is 25.0 Å². The van der Waals surface area contributed by atoms with Gasteiger partial charge in [-0.25, -0.2) is 0 Å². The molecule has 2 aliphatic heterocycles. The molecular weight excluding hydrogens is 272 g/mol. The maximum absolute atomic E-state index is 12.3. The molecule has 2 heterocycles. The van der Waals surface area contributed by atoms with Crippen molar-refractivity contribution in [3.05, 3.63) is 18.2 Å². The highest BCUT2D eigenvalue weighted by Crippen LogP contribution is 2.34. The number of nitrogens with one attached hydrogen (secondary N) is 1. The maximum Gasteiger partial charge on any atom is 0.231 e. The first-order chi connectivity index (χ1) is 10.1. The van der Waals surface area contributed by atoms with Crippen LogP contribution in [0.3, 0.4) is 0 Å². The molecule has 6 nitrogen and oxygen atoms in total. The Bertz CT molecular complexity index is 565. The second kappa shape index (κ2) is 5.63. The van der Waals surface area contributed by atoms with Crippen LogP contribution in [0.2, 0.25) is 0 Å². The standard InChI is InChI=1S/C15H18N2O4/c1-10(18)17-6-4-11(5-7-17)15(19)16-12-2-3-13-14(8-12)21-9-20-13/h2-3,8,11H,4-7,9H2,1H3,(H,16,19). The maximum atomic E-state index is 12.3. The van der Waals surface area contributed by atoms with Crippen molar-refractivity contribution in [3.8, 4) is 11.5 Å². The largest absolute Gasteiger partial charge is 0.454 e. The first kappa shape index (κ1) is 13.7. The van der Waals surface area contributed by atoms with Crippen molar-refractivity contribution in [2.45, 2.75) is 19.8 Å². The number of ether oxygens (including phenoxy) is 2. The Morgan fingerprint density at radius 3 is 2.62 bits per heavy atom. The Balaban J connectivity index is 1.58. The van der Waals surface area contributed by atoms with Gasteiger partial charge >= 0.3 is 0 Å². The first-order valence-corrected chi connectivity index (χ1v) is 7.09. The number of fused-ring (bicyclic) bond motifs is 1. The van der Waals surface area contributed by atoms with Crippen LogP contribution in [-0.2, 0) is 9.59 Å². The van der Waals surface area contributed by atoms with Gasteiger partial charge in [0, 0.05) is 37.7 Å². The average Bonchev–Trinajstić information content (AvgIpc) is 2.95. The van der Waals surface area contributed by atoms with Gasteiger partial charge in [-0.3, -0.25) is 9.59 Å². The fraction of sp³-hybridized carbons (Fsp3) is 0.467. The zero-order chi connectivity index (χ0) is 14.8. The second-order valence-corrected chi connectivity index (χ2v) is 5.34. The summed E-state index contributed by atoms with van der Waals surface area (Å²) in [4.78, 5) is 25.3. The van der Waals surface area contributed by atoms with E-state index in [0.717, 1.165) is 0 Å². The smallest absolute Gasteiger partial charge is 0.231 e. The zero-order valence-corrected chi connectivity index (χ0v) is 11.9. The van der Waals surface area contributed by atoms with Crippen molar-refractivity contribution in [1.82, 2.24) is 4.90 Å². The number of carbonyl (C=O) groups excluding carboxylic acids is 2. The summed E-state index contributed by atoms with van der Waals surface area (Å²) in [5, 5.41) is 2.91. The predicted molar refractivity (Wildman–Crippen MR) is 76.2 cm³/mol. The Kier molecular flexibility index (Phi) is 3.68. The lowest BCUT2D eigenvalue weighted by atomic mass is 9.96. The van der Waals surface area contributed by atoms with Crippen LogP contribution >= 0.6 is 0 Å². The number of carbonyl (C=O) groups is 2. The quantitative estimate of drug-likeness (QED) is 0.898. The molecule has 2 amide bonds. The van der Waals surface area contributed by atoms with Gasteiger partial charge in [-0.2, -0.15) is 0 Å². The van der Waals surface area contributed by atoms with Crippen LogP contribution < -0.4 is 14.8 Å². The van der Waals surface area contributed by atoms with Gasteiger partial charge in [0.1, 0.15) is 0 Å². The summed E-state index contributed by atoms with van der Waals surface area (Å²) in [6.45, 7) is 3.08. The van der Waals surface area contributed by atoms with E-state index in [1.54, 1.807) is 30.0 Å². The van der Waals surface area contributed by atoms with Crippen molar-refractivity contribution in [2.24, 2.45) is 5.92 Å². The van der Waals surface area contributed by atoms with E-state index in [0.29, 0.717) is 43.1 Å². The molecule has 3 rings (SSSR count). The molecule has 0 bridgehead atoms. The van der Waals surface area contributed by atoms with E-state index >= 15 is 0 Å². The fourth-order valence-electron chi connectivity index (χ4n) is 2.68. The predicted octanol–water partition coefficient (Wildman–Crippen LogP) is 1.61. The van der Waals surface area contributed by atoms with Gasteiger partial charge in [0.25, 0.3) is 0 Å². The Hall–Kier alpha value is -2.24. The Morgan fingerprint density at radius 1 is 1.19 bits per heavy atom. The van der Waals surface area contributed by atoms with Crippen LogP contribution in [0.5, 0.6) is 11.5 Å². The number of hydrogen-bond acceptors (Lipinski definition) is 4. The van der Waals surface area contributed by atoms with Gasteiger partial charge in [0.15, 0.2) is 11.5 Å². The highest BCUT2D eigenvalue weighted by molar-refractivity contribution is 5.93. The summed E-state index contributed by atoms with van der Waals surface area (Å²) in [6.07, 6.45) is 1.41. The van der Waals surface area contributed by atoms with E-state index in [4.69, 9.17) is 9.47 Å². The van der Waals surface area contributed by atoms with Crippen molar-refractivity contribution in [3.63, 3.8) is 0 Å². The minimum atomic E-state index is -0.0500. The fourth-order valence-corrected chi connectivity index (χ4v) is 2.68. The number of rotatable bonds is 2. The average molecular weight is 290 g/mol. The van der Waals surface area contributed by atoms with Gasteiger partial charge in [0.05, 0.1) is 0 Å². The third-order valence-corrected chi connectivity index (χ3v) is 3.95. The second-order valence-electron chi connectivity index (χ2n) is 5.34. The lowest BCUT2D eigenvalue weighted by Gasteiger charge is -2.30. The van der Waals surface area contributed by atoms with E-state index in [-0.39, 0.29) is 24.5 Å². The van der Waals surface area contributed by atoms with E-state index in [1.165, 1.54) is 0 Å². The number of nitrogens with zero attached hydrogens (tertiary/aromatic N) is 1. The van der Waals surface area contributed by atoms with E-state index < -0.39 is 0 Å². The van der Waals surface area contributed by atoms with Crippen LogP contribution in [0.15, 0.2) is 18.2 Å². The molecule has 112 valence electrons. The van der Waals surface area contributed by atoms with E-state index in [2.05, 4.69) is 5.32 Å². The minimum absolute atomic E-state index is 0.00272. The number of likely N-dealkylation sites (tertiary alicyclic amines) is 1. The number of amides is 2. The molecule has 0 aliphatic carbocycles. The number of anilines is 1. The summed E-state index contributed by atoms with van der Waals surface area (Å²) in [5.41, 5.74) is 0.707. The monoisotopic (exact) mass is 290 g/mol. The molecule has 2 aliphatic rings. The van der Waals surface area contributed by atoms with Crippen molar-refractivity contribution < 1.29 is 19.1 Å². The molecule has 0 spiro atoms. The third kappa shape index (κ3) is 2.94. The summed E-state index contributed by atoms with van der Waals surface area (Å²) in [5.74, 6) is 1.37. The van der Waals surface area contributed by atoms with Crippen molar-refractivity contribution in [2.75, 3.05) is 25.2 Å². The summed E-state index contributed by atoms with van der Waals surface area (Å²) in [7, 11) is 0. The molecule has 0 aromatic heterocycles. The molecule has 1 aromatic rings. The number of hydrogen-bond donors (Lipinski definition) is 1. The molecule has 1 fully saturated rings. The summed E-state index contributed by atoms with van der Waals surface area (Å²) < 4.78 is 10.5. The number of benzene rings is 1. The molecule has 0 atom stereocenters. The molecule has 6 heteroatoms. The van der Waals surface area contributed by atoms with Crippen LogP contribution in [0.4, 0.5) is 5.69 Å². The van der Waals surface area contributed by atoms with Gasteiger partial charge in [-0.15, -0.1) is 0 Å². The van der Waals surface area contributed by atoms with Gasteiger partial charge in [0.2, 0.25) is 18.6 Å². The third-order valence-electron chi connectivity index (χ3n) is 3.95. The van der Waals surface area contributed by atoms with Crippen molar-refractivity contribution in [1.29, 1.82) is 0 Å². The van der Waals surface area contributed by atoms with Crippen LogP contribution in [0, 0.1) is 5.92 Å². The first-order valence-electron chi connectivity index (χ1n) is 7.09. The van der Waals surface area contributed by atoms with Crippen LogP contribution in [-0.4, -0.2) is 36.6 Å². The van der Waals surface area contributed by atoms with Gasteiger partial charge < -0.3 is 19.7 Å². The Labute approximate surface area is 123 Å². The highest BCUT2D eigenvalue weighted by atomic mass is 16.7. The summed E-state index contributed by atoms with van der Waals surface area (Å²) in [6, 6.07) is 5.36. The summed E-state index contributed by atoms with van der Waals surface area (Å²) >= 11 is 0. The minimum Gasteiger partial charge on any atom is -0.454 e. The van der Waals surface area contributed by atoms with E-state index in [9.17, 15) is 9.59 Å².